The van der Waals surface area contributed by atoms with Gasteiger partial charge in [-0.2, -0.15) is 0 Å². The fourth-order valence-electron chi connectivity index (χ4n) is 1.36. The molecule has 0 aromatic heterocycles. The van der Waals surface area contributed by atoms with Gasteiger partial charge in [0.15, 0.2) is 0 Å². The van der Waals surface area contributed by atoms with Crippen molar-refractivity contribution < 1.29 is 19.1 Å². The quantitative estimate of drug-likeness (QED) is 0.704. The topological polar surface area (TPSA) is 92.4 Å². The van der Waals surface area contributed by atoms with Crippen LogP contribution in [0, 0.1) is 5.82 Å². The van der Waals surface area contributed by atoms with Gasteiger partial charge >= 0.3 is 5.97 Å². The number of nitrogens with two attached hydrogens (primary N) is 1. The van der Waals surface area contributed by atoms with Crippen molar-refractivity contribution in [3.05, 3.63) is 35.6 Å². The Balaban J connectivity index is 2.72. The Hall–Kier alpha value is -1.95. The number of aliphatic carboxylic acids is 1. The molecule has 0 spiro atoms. The number of rotatable bonds is 5. The first-order valence-corrected chi connectivity index (χ1v) is 5.43. The van der Waals surface area contributed by atoms with Gasteiger partial charge < -0.3 is 16.2 Å². The van der Waals surface area contributed by atoms with Crippen LogP contribution in [-0.4, -0.2) is 29.1 Å². The molecule has 0 saturated carbocycles. The maximum atomic E-state index is 12.7. The van der Waals surface area contributed by atoms with E-state index in [2.05, 4.69) is 5.32 Å². The van der Waals surface area contributed by atoms with Crippen LogP contribution in [0.4, 0.5) is 4.39 Å². The molecule has 0 saturated heterocycles. The molecule has 2 atom stereocenters. The Bertz CT molecular complexity index is 431. The summed E-state index contributed by atoms with van der Waals surface area (Å²) in [6, 6.07) is 3.57. The van der Waals surface area contributed by atoms with Gasteiger partial charge in [0.05, 0.1) is 6.04 Å². The van der Waals surface area contributed by atoms with Crippen LogP contribution in [0.2, 0.25) is 0 Å². The summed E-state index contributed by atoms with van der Waals surface area (Å²) < 4.78 is 12.7. The van der Waals surface area contributed by atoms with Crippen molar-refractivity contribution in [2.24, 2.45) is 5.73 Å². The maximum absolute atomic E-state index is 12.7. The van der Waals surface area contributed by atoms with E-state index in [0.717, 1.165) is 0 Å². The summed E-state index contributed by atoms with van der Waals surface area (Å²) in [7, 11) is 0. The van der Waals surface area contributed by atoms with Gasteiger partial charge in [-0.1, -0.05) is 12.1 Å². The van der Waals surface area contributed by atoms with Crippen molar-refractivity contribution in [3.8, 4) is 0 Å². The number of carboxylic acids is 1. The summed E-state index contributed by atoms with van der Waals surface area (Å²) >= 11 is 0. The molecule has 1 aromatic rings. The van der Waals surface area contributed by atoms with Crippen LogP contribution in [0.3, 0.4) is 0 Å². The highest BCUT2D eigenvalue weighted by Gasteiger charge is 2.21. The van der Waals surface area contributed by atoms with Crippen molar-refractivity contribution in [1.29, 1.82) is 0 Å². The highest BCUT2D eigenvalue weighted by atomic mass is 19.1. The van der Waals surface area contributed by atoms with Gasteiger partial charge in [-0.25, -0.2) is 9.18 Å². The molecule has 0 bridgehead atoms. The minimum Gasteiger partial charge on any atom is -0.480 e. The van der Waals surface area contributed by atoms with Gasteiger partial charge in [0.2, 0.25) is 5.91 Å². The lowest BCUT2D eigenvalue weighted by molar-refractivity contribution is -0.141. The second-order valence-electron chi connectivity index (χ2n) is 4.02. The number of hydrogen-bond donors (Lipinski definition) is 3. The summed E-state index contributed by atoms with van der Waals surface area (Å²) in [5.74, 6) is -2.09. The monoisotopic (exact) mass is 254 g/mol. The lowest BCUT2D eigenvalue weighted by Crippen LogP contribution is -2.48. The second kappa shape index (κ2) is 6.11. The first kappa shape index (κ1) is 14.1. The fraction of sp³-hybridized carbons (Fsp3) is 0.333. The average Bonchev–Trinajstić information content (AvgIpc) is 2.30. The molecule has 5 nitrogen and oxygen atoms in total. The standard InChI is InChI=1S/C12H15FN2O3/c1-7(14)11(16)15-10(12(17)18)6-8-2-4-9(13)5-3-8/h2-5,7,10H,6,14H2,1H3,(H,15,16)(H,17,18)/t7-,10-/m0/s1. The Labute approximate surface area is 104 Å². The molecule has 98 valence electrons. The van der Waals surface area contributed by atoms with E-state index in [1.165, 1.54) is 31.2 Å². The Morgan fingerprint density at radius 1 is 1.39 bits per heavy atom. The summed E-state index contributed by atoms with van der Waals surface area (Å²) in [5.41, 5.74) is 5.96. The summed E-state index contributed by atoms with van der Waals surface area (Å²) in [6.07, 6.45) is 0.0775. The first-order chi connectivity index (χ1) is 8.40. The van der Waals surface area contributed by atoms with E-state index < -0.39 is 29.8 Å². The van der Waals surface area contributed by atoms with Crippen molar-refractivity contribution in [2.75, 3.05) is 0 Å². The molecule has 0 aliphatic heterocycles. The number of carboxylic acid groups (broad SMARTS) is 1. The maximum Gasteiger partial charge on any atom is 0.326 e. The third-order valence-corrected chi connectivity index (χ3v) is 2.38. The second-order valence-corrected chi connectivity index (χ2v) is 4.02. The van der Waals surface area contributed by atoms with Crippen molar-refractivity contribution in [3.63, 3.8) is 0 Å². The SMILES string of the molecule is C[C@H](N)C(=O)N[C@@H](Cc1ccc(F)cc1)C(=O)O. The molecule has 0 unspecified atom stereocenters. The van der Waals surface area contributed by atoms with Crippen LogP contribution in [0.15, 0.2) is 24.3 Å². The predicted octanol–water partition coefficient (Wildman–Crippen LogP) is 0.285. The number of carbonyl (C=O) groups excluding carboxylic acids is 1. The Morgan fingerprint density at radius 3 is 2.39 bits per heavy atom. The van der Waals surface area contributed by atoms with Gasteiger partial charge in [-0.15, -0.1) is 0 Å². The largest absolute Gasteiger partial charge is 0.480 e. The van der Waals surface area contributed by atoms with Crippen molar-refractivity contribution in [2.45, 2.75) is 25.4 Å². The zero-order valence-electron chi connectivity index (χ0n) is 9.89. The molecule has 0 aliphatic rings. The molecule has 18 heavy (non-hydrogen) atoms. The van der Waals surface area contributed by atoms with Gasteiger partial charge in [0, 0.05) is 6.42 Å². The number of hydrogen-bond acceptors (Lipinski definition) is 3. The van der Waals surface area contributed by atoms with E-state index >= 15 is 0 Å². The molecule has 6 heteroatoms. The molecule has 0 fully saturated rings. The smallest absolute Gasteiger partial charge is 0.326 e. The molecule has 0 radical (unpaired) electrons. The van der Waals surface area contributed by atoms with Gasteiger partial charge in [0.25, 0.3) is 0 Å². The Morgan fingerprint density at radius 2 is 1.94 bits per heavy atom. The normalized spacial score (nSPS) is 13.7. The summed E-state index contributed by atoms with van der Waals surface area (Å²) in [6.45, 7) is 1.46. The molecule has 0 heterocycles. The fourth-order valence-corrected chi connectivity index (χ4v) is 1.36. The highest BCUT2D eigenvalue weighted by molar-refractivity contribution is 5.86. The molecule has 1 rings (SSSR count). The number of amides is 1. The lowest BCUT2D eigenvalue weighted by atomic mass is 10.1. The highest BCUT2D eigenvalue weighted by Crippen LogP contribution is 2.06. The van der Waals surface area contributed by atoms with E-state index in [-0.39, 0.29) is 6.42 Å². The zero-order valence-corrected chi connectivity index (χ0v) is 9.89. The van der Waals surface area contributed by atoms with E-state index in [4.69, 9.17) is 10.8 Å². The van der Waals surface area contributed by atoms with Crippen molar-refractivity contribution >= 4 is 11.9 Å². The van der Waals surface area contributed by atoms with Gasteiger partial charge in [-0.3, -0.25) is 4.79 Å². The average molecular weight is 254 g/mol. The van der Waals surface area contributed by atoms with Crippen molar-refractivity contribution in [1.82, 2.24) is 5.32 Å². The number of benzene rings is 1. The van der Waals surface area contributed by atoms with Crippen LogP contribution in [0.1, 0.15) is 12.5 Å². The predicted molar refractivity (Wildman–Crippen MR) is 63.3 cm³/mol. The summed E-state index contributed by atoms with van der Waals surface area (Å²) in [5, 5.41) is 11.3. The molecule has 1 aromatic carbocycles. The van der Waals surface area contributed by atoms with E-state index in [0.29, 0.717) is 5.56 Å². The molecular formula is C12H15FN2O3. The van der Waals surface area contributed by atoms with E-state index in [1.807, 2.05) is 0 Å². The third-order valence-electron chi connectivity index (χ3n) is 2.38. The molecule has 1 amide bonds. The van der Waals surface area contributed by atoms with E-state index in [9.17, 15) is 14.0 Å². The van der Waals surface area contributed by atoms with Crippen LogP contribution in [0.5, 0.6) is 0 Å². The Kier molecular flexibility index (Phi) is 4.79. The number of nitrogens with one attached hydrogen (secondary N) is 1. The zero-order chi connectivity index (χ0) is 13.7. The minimum atomic E-state index is -1.16. The van der Waals surface area contributed by atoms with E-state index in [1.54, 1.807) is 0 Å². The summed E-state index contributed by atoms with van der Waals surface area (Å²) in [4.78, 5) is 22.3. The first-order valence-electron chi connectivity index (χ1n) is 5.43. The van der Waals surface area contributed by atoms with Gasteiger partial charge in [-0.05, 0) is 24.6 Å². The van der Waals surface area contributed by atoms with Crippen LogP contribution in [0.25, 0.3) is 0 Å². The molecular weight excluding hydrogens is 239 g/mol. The third kappa shape index (κ3) is 4.14. The van der Waals surface area contributed by atoms with Crippen LogP contribution >= 0.6 is 0 Å². The van der Waals surface area contributed by atoms with Crippen LogP contribution in [-0.2, 0) is 16.0 Å². The van der Waals surface area contributed by atoms with Gasteiger partial charge in [0.1, 0.15) is 11.9 Å². The lowest BCUT2D eigenvalue weighted by Gasteiger charge is -2.16. The minimum absolute atomic E-state index is 0.0775. The molecule has 0 aliphatic carbocycles. The van der Waals surface area contributed by atoms with Crippen LogP contribution < -0.4 is 11.1 Å². The number of carbonyl (C=O) groups is 2. The molecule has 4 N–H and O–H groups in total. The number of halogens is 1.